The third kappa shape index (κ3) is 2.88. The number of aliphatic hydroxyl groups excluding tert-OH is 1. The van der Waals surface area contributed by atoms with Gasteiger partial charge in [0.2, 0.25) is 5.88 Å². The molecule has 0 amide bonds. The number of benzene rings is 2. The summed E-state index contributed by atoms with van der Waals surface area (Å²) in [6.07, 6.45) is -0.0913. The van der Waals surface area contributed by atoms with E-state index in [4.69, 9.17) is 4.74 Å². The van der Waals surface area contributed by atoms with Crippen molar-refractivity contribution in [1.82, 2.24) is 4.98 Å². The number of hydrogen-bond donors (Lipinski definition) is 1. The minimum absolute atomic E-state index is 0.0287. The number of rotatable bonds is 4. The first-order valence-electron chi connectivity index (χ1n) is 6.99. The summed E-state index contributed by atoms with van der Waals surface area (Å²) in [4.78, 5) is 4.52. The lowest BCUT2D eigenvalue weighted by Gasteiger charge is -2.15. The number of pyridine rings is 1. The summed E-state index contributed by atoms with van der Waals surface area (Å²) in [6.45, 7) is 1.96. The Hall–Kier alpha value is -2.39. The lowest BCUT2D eigenvalue weighted by Crippen LogP contribution is -2.05. The van der Waals surface area contributed by atoms with Crippen molar-refractivity contribution in [2.75, 3.05) is 0 Å². The summed E-state index contributed by atoms with van der Waals surface area (Å²) in [7, 11) is 0. The molecule has 0 aliphatic heterocycles. The van der Waals surface area contributed by atoms with Crippen LogP contribution < -0.4 is 4.74 Å². The first kappa shape index (κ1) is 13.6. The Bertz CT molecular complexity index is 741. The molecule has 1 heterocycles. The first-order valence-corrected chi connectivity index (χ1v) is 6.99. The molecule has 0 aliphatic carbocycles. The van der Waals surface area contributed by atoms with E-state index < -0.39 is 0 Å². The van der Waals surface area contributed by atoms with E-state index in [0.29, 0.717) is 5.88 Å². The number of aliphatic hydroxyl groups is 1. The van der Waals surface area contributed by atoms with Gasteiger partial charge in [-0.2, -0.15) is 0 Å². The van der Waals surface area contributed by atoms with Gasteiger partial charge in [-0.15, -0.1) is 0 Å². The van der Waals surface area contributed by atoms with Crippen molar-refractivity contribution in [2.24, 2.45) is 0 Å². The van der Waals surface area contributed by atoms with Crippen molar-refractivity contribution >= 4 is 10.9 Å². The molecule has 1 unspecified atom stereocenters. The number of hydrogen-bond acceptors (Lipinski definition) is 3. The molecule has 0 saturated carbocycles. The van der Waals surface area contributed by atoms with Crippen LogP contribution in [0.2, 0.25) is 0 Å². The fourth-order valence-electron chi connectivity index (χ4n) is 2.38. The molecule has 3 heteroatoms. The quantitative estimate of drug-likeness (QED) is 0.788. The third-order valence-corrected chi connectivity index (χ3v) is 3.52. The largest absolute Gasteiger partial charge is 0.470 e. The molecule has 3 rings (SSSR count). The molecule has 3 aromatic rings. The van der Waals surface area contributed by atoms with Gasteiger partial charge in [-0.25, -0.2) is 4.98 Å². The fraction of sp³-hybridized carbons (Fsp3) is 0.167. The zero-order chi connectivity index (χ0) is 14.7. The highest BCUT2D eigenvalue weighted by molar-refractivity contribution is 5.82. The second-order valence-corrected chi connectivity index (χ2v) is 4.97. The Kier molecular flexibility index (Phi) is 3.84. The van der Waals surface area contributed by atoms with Crippen molar-refractivity contribution < 1.29 is 9.84 Å². The van der Waals surface area contributed by atoms with E-state index in [1.165, 1.54) is 0 Å². The Labute approximate surface area is 123 Å². The van der Waals surface area contributed by atoms with Gasteiger partial charge in [0, 0.05) is 11.5 Å². The van der Waals surface area contributed by atoms with Crippen molar-refractivity contribution in [3.8, 4) is 5.88 Å². The standard InChI is InChI=1S/C18H17NO2/c1-13(14-7-3-2-4-8-14)21-18-11-15(12-20)16-9-5-6-10-17(16)19-18/h2-11,13,20H,12H2,1H3. The van der Waals surface area contributed by atoms with Crippen molar-refractivity contribution in [3.05, 3.63) is 71.8 Å². The van der Waals surface area contributed by atoms with E-state index in [1.807, 2.05) is 67.6 Å². The molecule has 1 aromatic heterocycles. The lowest BCUT2D eigenvalue weighted by atomic mass is 10.1. The maximum atomic E-state index is 9.53. The summed E-state index contributed by atoms with van der Waals surface area (Å²) in [5.41, 5.74) is 2.76. The number of fused-ring (bicyclic) bond motifs is 1. The molecular formula is C18H17NO2. The molecule has 0 fully saturated rings. The number of para-hydroxylation sites is 1. The van der Waals surface area contributed by atoms with Crippen molar-refractivity contribution in [2.45, 2.75) is 19.6 Å². The molecule has 1 N–H and O–H groups in total. The summed E-state index contributed by atoms with van der Waals surface area (Å²) in [5, 5.41) is 10.5. The fourth-order valence-corrected chi connectivity index (χ4v) is 2.38. The van der Waals surface area contributed by atoms with Crippen molar-refractivity contribution in [1.29, 1.82) is 0 Å². The molecule has 21 heavy (non-hydrogen) atoms. The second kappa shape index (κ2) is 5.94. The number of ether oxygens (including phenoxy) is 1. The maximum Gasteiger partial charge on any atom is 0.214 e. The Morgan fingerprint density at radius 1 is 1.05 bits per heavy atom. The van der Waals surface area contributed by atoms with Gasteiger partial charge in [0.05, 0.1) is 12.1 Å². The summed E-state index contributed by atoms with van der Waals surface area (Å²) in [5.74, 6) is 0.536. The second-order valence-electron chi connectivity index (χ2n) is 4.97. The molecule has 2 aromatic carbocycles. The SMILES string of the molecule is CC(Oc1cc(CO)c2ccccc2n1)c1ccccc1. The zero-order valence-electron chi connectivity index (χ0n) is 11.9. The van der Waals surface area contributed by atoms with Gasteiger partial charge < -0.3 is 9.84 Å². The van der Waals surface area contributed by atoms with E-state index in [0.717, 1.165) is 22.0 Å². The van der Waals surface area contributed by atoms with Gasteiger partial charge in [-0.05, 0) is 24.1 Å². The van der Waals surface area contributed by atoms with Gasteiger partial charge in [0.15, 0.2) is 0 Å². The van der Waals surface area contributed by atoms with E-state index in [1.54, 1.807) is 0 Å². The van der Waals surface area contributed by atoms with Crippen LogP contribution in [0.4, 0.5) is 0 Å². The normalized spacial score (nSPS) is 12.3. The molecule has 106 valence electrons. The predicted octanol–water partition coefficient (Wildman–Crippen LogP) is 3.87. The van der Waals surface area contributed by atoms with Crippen LogP contribution >= 0.6 is 0 Å². The molecule has 3 nitrogen and oxygen atoms in total. The average molecular weight is 279 g/mol. The third-order valence-electron chi connectivity index (χ3n) is 3.52. The highest BCUT2D eigenvalue weighted by atomic mass is 16.5. The van der Waals surface area contributed by atoms with Crippen LogP contribution in [0, 0.1) is 0 Å². The van der Waals surface area contributed by atoms with E-state index in [-0.39, 0.29) is 12.7 Å². The monoisotopic (exact) mass is 279 g/mol. The van der Waals surface area contributed by atoms with E-state index in [9.17, 15) is 5.11 Å². The van der Waals surface area contributed by atoms with E-state index in [2.05, 4.69) is 4.98 Å². The van der Waals surface area contributed by atoms with Gasteiger partial charge in [-0.1, -0.05) is 48.5 Å². The van der Waals surface area contributed by atoms with Crippen LogP contribution in [-0.2, 0) is 6.61 Å². The molecular weight excluding hydrogens is 262 g/mol. The average Bonchev–Trinajstić information content (AvgIpc) is 2.55. The van der Waals surface area contributed by atoms with Crippen LogP contribution in [-0.4, -0.2) is 10.1 Å². The minimum Gasteiger partial charge on any atom is -0.470 e. The molecule has 0 aliphatic rings. The van der Waals surface area contributed by atoms with Crippen molar-refractivity contribution in [3.63, 3.8) is 0 Å². The van der Waals surface area contributed by atoms with E-state index >= 15 is 0 Å². The van der Waals surface area contributed by atoms with Gasteiger partial charge in [-0.3, -0.25) is 0 Å². The predicted molar refractivity (Wildman–Crippen MR) is 83.2 cm³/mol. The molecule has 1 atom stereocenters. The maximum absolute atomic E-state index is 9.53. The van der Waals surface area contributed by atoms with Crippen LogP contribution in [0.15, 0.2) is 60.7 Å². The van der Waals surface area contributed by atoms with Crippen LogP contribution in [0.3, 0.4) is 0 Å². The van der Waals surface area contributed by atoms with Crippen LogP contribution in [0.1, 0.15) is 24.2 Å². The number of aromatic nitrogens is 1. The van der Waals surface area contributed by atoms with Crippen LogP contribution in [0.25, 0.3) is 10.9 Å². The molecule has 0 bridgehead atoms. The van der Waals surface area contributed by atoms with Gasteiger partial charge in [0.25, 0.3) is 0 Å². The Balaban J connectivity index is 1.94. The summed E-state index contributed by atoms with van der Waals surface area (Å²) in [6, 6.07) is 19.6. The highest BCUT2D eigenvalue weighted by Crippen LogP contribution is 2.25. The molecule has 0 saturated heterocycles. The summed E-state index contributed by atoms with van der Waals surface area (Å²) < 4.78 is 5.93. The van der Waals surface area contributed by atoms with Gasteiger partial charge in [0.1, 0.15) is 6.10 Å². The highest BCUT2D eigenvalue weighted by Gasteiger charge is 2.10. The zero-order valence-corrected chi connectivity index (χ0v) is 11.9. The summed E-state index contributed by atoms with van der Waals surface area (Å²) >= 11 is 0. The smallest absolute Gasteiger partial charge is 0.214 e. The topological polar surface area (TPSA) is 42.4 Å². The Morgan fingerprint density at radius 3 is 2.52 bits per heavy atom. The van der Waals surface area contributed by atoms with Crippen LogP contribution in [0.5, 0.6) is 5.88 Å². The lowest BCUT2D eigenvalue weighted by molar-refractivity contribution is 0.217. The van der Waals surface area contributed by atoms with Gasteiger partial charge >= 0.3 is 0 Å². The first-order chi connectivity index (χ1) is 10.3. The molecule has 0 spiro atoms. The number of nitrogens with zero attached hydrogens (tertiary/aromatic N) is 1. The Morgan fingerprint density at radius 2 is 1.76 bits per heavy atom. The molecule has 0 radical (unpaired) electrons. The minimum atomic E-state index is -0.0913.